The van der Waals surface area contributed by atoms with E-state index in [0.717, 1.165) is 12.1 Å². The molecule has 0 unspecified atom stereocenters. The van der Waals surface area contributed by atoms with Crippen LogP contribution in [-0.4, -0.2) is 11.9 Å². The summed E-state index contributed by atoms with van der Waals surface area (Å²) >= 11 is 0. The fourth-order valence-corrected chi connectivity index (χ4v) is 1.96. The molecule has 0 fully saturated rings. The lowest BCUT2D eigenvalue weighted by Gasteiger charge is -2.08. The first-order valence-corrected chi connectivity index (χ1v) is 6.96. The average Bonchev–Trinajstić information content (AvgIpc) is 2.53. The van der Waals surface area contributed by atoms with Crippen molar-refractivity contribution in [1.82, 2.24) is 0 Å². The molecule has 4 nitrogen and oxygen atoms in total. The molecule has 0 radical (unpaired) electrons. The number of esters is 1. The molecule has 2 aromatic rings. The van der Waals surface area contributed by atoms with E-state index in [1.165, 1.54) is 24.3 Å². The van der Waals surface area contributed by atoms with Crippen molar-refractivity contribution in [1.29, 1.82) is 0 Å². The molecule has 0 aromatic heterocycles. The van der Waals surface area contributed by atoms with Crippen molar-refractivity contribution in [2.24, 2.45) is 5.73 Å². The van der Waals surface area contributed by atoms with E-state index in [1.54, 1.807) is 12.1 Å². The van der Waals surface area contributed by atoms with Gasteiger partial charge in [0, 0.05) is 5.56 Å². The minimum Gasteiger partial charge on any atom is -0.461 e. The van der Waals surface area contributed by atoms with E-state index in [2.05, 4.69) is 0 Å². The molecule has 0 aliphatic carbocycles. The van der Waals surface area contributed by atoms with Gasteiger partial charge in [-0.25, -0.2) is 0 Å². The number of rotatable bonds is 5. The third-order valence-corrected chi connectivity index (χ3v) is 3.27. The van der Waals surface area contributed by atoms with Crippen LogP contribution in [0.5, 0.6) is 0 Å². The molecule has 0 saturated carbocycles. The molecular formula is C17H14F3NO3. The molecule has 2 rings (SSSR count). The van der Waals surface area contributed by atoms with Gasteiger partial charge in [-0.05, 0) is 35.4 Å². The number of hydrogen-bond acceptors (Lipinski definition) is 3. The van der Waals surface area contributed by atoms with E-state index in [4.69, 9.17) is 10.5 Å². The topological polar surface area (TPSA) is 69.4 Å². The third kappa shape index (κ3) is 4.84. The summed E-state index contributed by atoms with van der Waals surface area (Å²) in [6.07, 6.45) is -4.53. The fraction of sp³-hybridized carbons (Fsp3) is 0.176. The zero-order valence-corrected chi connectivity index (χ0v) is 12.5. The molecule has 2 aromatic carbocycles. The predicted molar refractivity (Wildman–Crippen MR) is 79.9 cm³/mol. The highest BCUT2D eigenvalue weighted by Crippen LogP contribution is 2.29. The van der Waals surface area contributed by atoms with E-state index < -0.39 is 23.6 Å². The van der Waals surface area contributed by atoms with Gasteiger partial charge in [0.1, 0.15) is 6.61 Å². The summed E-state index contributed by atoms with van der Waals surface area (Å²) in [5.74, 6) is -1.12. The number of carbonyl (C=O) groups is 2. The summed E-state index contributed by atoms with van der Waals surface area (Å²) in [6.45, 7) is -0.00148. The number of amides is 1. The summed E-state index contributed by atoms with van der Waals surface area (Å²) in [5, 5.41) is 0. The van der Waals surface area contributed by atoms with Gasteiger partial charge in [0.05, 0.1) is 12.0 Å². The van der Waals surface area contributed by atoms with Crippen molar-refractivity contribution in [3.8, 4) is 0 Å². The number of nitrogens with two attached hydrogens (primary N) is 1. The molecule has 0 aliphatic rings. The number of carbonyl (C=O) groups excluding carboxylic acids is 2. The smallest absolute Gasteiger partial charge is 0.416 e. The van der Waals surface area contributed by atoms with E-state index in [9.17, 15) is 22.8 Å². The highest BCUT2D eigenvalue weighted by molar-refractivity contribution is 5.92. The Morgan fingerprint density at radius 3 is 1.96 bits per heavy atom. The van der Waals surface area contributed by atoms with Crippen molar-refractivity contribution in [3.63, 3.8) is 0 Å². The standard InChI is InChI=1S/C17H14F3NO3/c18-17(19,20)14-7-3-11(4-8-14)9-15(22)24-10-12-1-5-13(6-2-12)16(21)23/h1-8H,9-10H2,(H2,21,23). The maximum Gasteiger partial charge on any atom is 0.416 e. The minimum atomic E-state index is -4.41. The molecule has 0 heterocycles. The van der Waals surface area contributed by atoms with Gasteiger partial charge in [-0.1, -0.05) is 24.3 Å². The minimum absolute atomic E-state index is 0.00148. The van der Waals surface area contributed by atoms with Crippen LogP contribution in [0.4, 0.5) is 13.2 Å². The van der Waals surface area contributed by atoms with Crippen LogP contribution in [0.2, 0.25) is 0 Å². The Hall–Kier alpha value is -2.83. The molecular weight excluding hydrogens is 323 g/mol. The highest BCUT2D eigenvalue weighted by atomic mass is 19.4. The van der Waals surface area contributed by atoms with Crippen LogP contribution in [0.25, 0.3) is 0 Å². The van der Waals surface area contributed by atoms with Gasteiger partial charge in [-0.3, -0.25) is 9.59 Å². The van der Waals surface area contributed by atoms with E-state index >= 15 is 0 Å². The first-order chi connectivity index (χ1) is 11.3. The lowest BCUT2D eigenvalue weighted by Crippen LogP contribution is -2.11. The first kappa shape index (κ1) is 17.5. The summed E-state index contributed by atoms with van der Waals surface area (Å²) in [4.78, 5) is 22.7. The summed E-state index contributed by atoms with van der Waals surface area (Å²) in [6, 6.07) is 10.6. The molecule has 0 atom stereocenters. The Kier molecular flexibility index (Phi) is 5.23. The molecule has 0 aliphatic heterocycles. The average molecular weight is 337 g/mol. The van der Waals surface area contributed by atoms with E-state index in [0.29, 0.717) is 16.7 Å². The zero-order chi connectivity index (χ0) is 17.7. The summed E-state index contributed by atoms with van der Waals surface area (Å²) < 4.78 is 42.4. The maximum atomic E-state index is 12.4. The Labute approximate surface area is 136 Å². The summed E-state index contributed by atoms with van der Waals surface area (Å²) in [5.41, 5.74) is 5.78. The van der Waals surface area contributed by atoms with Crippen molar-refractivity contribution < 1.29 is 27.5 Å². The monoisotopic (exact) mass is 337 g/mol. The second-order valence-corrected chi connectivity index (χ2v) is 5.09. The molecule has 1 amide bonds. The highest BCUT2D eigenvalue weighted by Gasteiger charge is 2.29. The zero-order valence-electron chi connectivity index (χ0n) is 12.5. The largest absolute Gasteiger partial charge is 0.461 e. The van der Waals surface area contributed by atoms with Crippen molar-refractivity contribution in [2.75, 3.05) is 0 Å². The van der Waals surface area contributed by atoms with Gasteiger partial charge in [0.2, 0.25) is 5.91 Å². The van der Waals surface area contributed by atoms with Gasteiger partial charge >= 0.3 is 12.1 Å². The SMILES string of the molecule is NC(=O)c1ccc(COC(=O)Cc2ccc(C(F)(F)F)cc2)cc1. The molecule has 126 valence electrons. The molecule has 0 bridgehead atoms. The number of primary amides is 1. The lowest BCUT2D eigenvalue weighted by molar-refractivity contribution is -0.144. The van der Waals surface area contributed by atoms with E-state index in [1.807, 2.05) is 0 Å². The molecule has 0 spiro atoms. The molecule has 0 saturated heterocycles. The normalized spacial score (nSPS) is 11.1. The van der Waals surface area contributed by atoms with Crippen LogP contribution >= 0.6 is 0 Å². The first-order valence-electron chi connectivity index (χ1n) is 6.96. The van der Waals surface area contributed by atoms with E-state index in [-0.39, 0.29) is 13.0 Å². The number of halogens is 3. The Balaban J connectivity index is 1.88. The Morgan fingerprint density at radius 1 is 0.917 bits per heavy atom. The van der Waals surface area contributed by atoms with Gasteiger partial charge in [0.15, 0.2) is 0 Å². The molecule has 2 N–H and O–H groups in total. The maximum absolute atomic E-state index is 12.4. The van der Waals surface area contributed by atoms with Crippen LogP contribution in [0.15, 0.2) is 48.5 Å². The second-order valence-electron chi connectivity index (χ2n) is 5.09. The van der Waals surface area contributed by atoms with Crippen LogP contribution in [-0.2, 0) is 28.7 Å². The lowest BCUT2D eigenvalue weighted by atomic mass is 10.1. The quantitative estimate of drug-likeness (QED) is 0.853. The predicted octanol–water partition coefficient (Wildman–Crippen LogP) is 3.09. The molecule has 24 heavy (non-hydrogen) atoms. The number of ether oxygens (including phenoxy) is 1. The van der Waals surface area contributed by atoms with Crippen LogP contribution in [0, 0.1) is 0 Å². The number of benzene rings is 2. The number of alkyl halides is 3. The Bertz CT molecular complexity index is 722. The number of hydrogen-bond donors (Lipinski definition) is 1. The third-order valence-electron chi connectivity index (χ3n) is 3.27. The second kappa shape index (κ2) is 7.16. The van der Waals surface area contributed by atoms with Crippen LogP contribution < -0.4 is 5.73 Å². The summed E-state index contributed by atoms with van der Waals surface area (Å²) in [7, 11) is 0. The van der Waals surface area contributed by atoms with Gasteiger partial charge < -0.3 is 10.5 Å². The van der Waals surface area contributed by atoms with Crippen LogP contribution in [0.1, 0.15) is 27.0 Å². The van der Waals surface area contributed by atoms with Crippen molar-refractivity contribution >= 4 is 11.9 Å². The van der Waals surface area contributed by atoms with Gasteiger partial charge in [-0.15, -0.1) is 0 Å². The van der Waals surface area contributed by atoms with Crippen molar-refractivity contribution in [3.05, 3.63) is 70.8 Å². The van der Waals surface area contributed by atoms with Crippen LogP contribution in [0.3, 0.4) is 0 Å². The van der Waals surface area contributed by atoms with Gasteiger partial charge in [-0.2, -0.15) is 13.2 Å². The molecule has 7 heteroatoms. The van der Waals surface area contributed by atoms with Gasteiger partial charge in [0.25, 0.3) is 0 Å². The van der Waals surface area contributed by atoms with Crippen molar-refractivity contribution in [2.45, 2.75) is 19.2 Å². The Morgan fingerprint density at radius 2 is 1.46 bits per heavy atom. The fourth-order valence-electron chi connectivity index (χ4n) is 1.96.